The van der Waals surface area contributed by atoms with Gasteiger partial charge in [-0.3, -0.25) is 9.59 Å². The first-order valence-electron chi connectivity index (χ1n) is 8.76. The zero-order valence-electron chi connectivity index (χ0n) is 14.5. The largest absolute Gasteiger partial charge is 0.380 e. The molecule has 0 radical (unpaired) electrons. The van der Waals surface area contributed by atoms with E-state index in [4.69, 9.17) is 0 Å². The Morgan fingerprint density at radius 2 is 1.88 bits per heavy atom. The first-order chi connectivity index (χ1) is 12.1. The molecule has 2 atom stereocenters. The van der Waals surface area contributed by atoms with Crippen molar-refractivity contribution < 1.29 is 14.7 Å². The number of aliphatic hydroxyl groups is 1. The lowest BCUT2D eigenvalue weighted by Crippen LogP contribution is -2.47. The van der Waals surface area contributed by atoms with E-state index in [1.54, 1.807) is 12.1 Å². The van der Waals surface area contributed by atoms with E-state index in [-0.39, 0.29) is 0 Å². The molecule has 0 aliphatic carbocycles. The van der Waals surface area contributed by atoms with Crippen LogP contribution in [-0.2, 0) is 16.0 Å². The van der Waals surface area contributed by atoms with Crippen molar-refractivity contribution in [2.24, 2.45) is 5.18 Å². The van der Waals surface area contributed by atoms with Crippen LogP contribution in [-0.4, -0.2) is 47.1 Å². The third-order valence-electron chi connectivity index (χ3n) is 4.39. The Morgan fingerprint density at radius 3 is 2.44 bits per heavy atom. The fourth-order valence-electron chi connectivity index (χ4n) is 2.86. The number of aryl methyl sites for hydroxylation is 1. The van der Waals surface area contributed by atoms with E-state index in [1.165, 1.54) is 4.90 Å². The number of carbonyl (C=O) groups is 2. The summed E-state index contributed by atoms with van der Waals surface area (Å²) in [6.07, 6.45) is 3.12. The number of hydrogen-bond acceptors (Lipinski definition) is 5. The number of amides is 2. The van der Waals surface area contributed by atoms with Crippen molar-refractivity contribution in [1.82, 2.24) is 4.90 Å². The second-order valence-corrected chi connectivity index (χ2v) is 6.32. The molecule has 0 bridgehead atoms. The maximum absolute atomic E-state index is 12.2. The predicted octanol–water partition coefficient (Wildman–Crippen LogP) is 2.09. The smallest absolute Gasteiger partial charge is 0.256 e. The van der Waals surface area contributed by atoms with Crippen LogP contribution >= 0.6 is 0 Å². The highest BCUT2D eigenvalue weighted by molar-refractivity contribution is 5.99. The summed E-state index contributed by atoms with van der Waals surface area (Å²) in [6.45, 7) is 3.18. The number of unbranched alkanes of at least 4 members (excludes halogenated alkanes) is 1. The summed E-state index contributed by atoms with van der Waals surface area (Å²) in [5.74, 6) is -1.40. The molecule has 136 valence electrons. The molecule has 1 fully saturated rings. The lowest BCUT2D eigenvalue weighted by molar-refractivity contribution is -0.142. The summed E-state index contributed by atoms with van der Waals surface area (Å²) in [6, 6.07) is 5.62. The van der Waals surface area contributed by atoms with E-state index in [0.717, 1.165) is 37.7 Å². The number of carbonyl (C=O) groups excluding carboxylic acids is 2. The van der Waals surface area contributed by atoms with Crippen LogP contribution in [0.3, 0.4) is 0 Å². The van der Waals surface area contributed by atoms with Crippen molar-refractivity contribution >= 4 is 17.5 Å². The Hall–Kier alpha value is -2.28. The highest BCUT2D eigenvalue weighted by Crippen LogP contribution is 2.15. The molecule has 2 N–H and O–H groups in total. The van der Waals surface area contributed by atoms with Gasteiger partial charge in [-0.05, 0) is 43.4 Å². The number of nitroso groups, excluding NO2 is 1. The molecule has 0 spiro atoms. The molecule has 1 aromatic rings. The maximum Gasteiger partial charge on any atom is 0.256 e. The van der Waals surface area contributed by atoms with Crippen LogP contribution in [0, 0.1) is 4.91 Å². The van der Waals surface area contributed by atoms with Crippen LogP contribution in [0.2, 0.25) is 0 Å². The van der Waals surface area contributed by atoms with Crippen molar-refractivity contribution in [2.45, 2.75) is 51.2 Å². The molecule has 0 saturated carbocycles. The number of likely N-dealkylation sites (tertiary alicyclic amines) is 1. The summed E-state index contributed by atoms with van der Waals surface area (Å²) in [5.41, 5.74) is 1.66. The Morgan fingerprint density at radius 1 is 1.24 bits per heavy atom. The van der Waals surface area contributed by atoms with Gasteiger partial charge in [0.15, 0.2) is 6.10 Å². The number of benzene rings is 1. The van der Waals surface area contributed by atoms with Gasteiger partial charge >= 0.3 is 0 Å². The number of aliphatic hydroxyl groups excluding tert-OH is 1. The molecule has 1 aliphatic heterocycles. The fraction of sp³-hybridized carbons (Fsp3) is 0.556. The first-order valence-corrected chi connectivity index (χ1v) is 8.76. The third-order valence-corrected chi connectivity index (χ3v) is 4.39. The number of nitrogens with one attached hydrogen (secondary N) is 1. The van der Waals surface area contributed by atoms with Gasteiger partial charge in [0.2, 0.25) is 6.04 Å². The number of hydrogen-bond donors (Lipinski definition) is 2. The average molecular weight is 347 g/mol. The van der Waals surface area contributed by atoms with Crippen molar-refractivity contribution in [2.75, 3.05) is 18.4 Å². The lowest BCUT2D eigenvalue weighted by Gasteiger charge is -2.21. The molecule has 1 unspecified atom stereocenters. The standard InChI is InChI=1S/C18H25N3O4/c1-2-3-6-13-7-9-14(10-8-13)19-17(23)15(20-25)16(22)18(24)21-11-4-5-12-21/h7-10,15-16,22H,2-6,11-12H2,1H3,(H,19,23)/t15?,16-/m1/s1. The van der Waals surface area contributed by atoms with Gasteiger partial charge in [0.1, 0.15) is 0 Å². The molecule has 25 heavy (non-hydrogen) atoms. The van der Waals surface area contributed by atoms with Gasteiger partial charge in [0.05, 0.1) is 0 Å². The molecule has 2 amide bonds. The van der Waals surface area contributed by atoms with Gasteiger partial charge < -0.3 is 15.3 Å². The quantitative estimate of drug-likeness (QED) is 0.703. The zero-order chi connectivity index (χ0) is 18.2. The van der Waals surface area contributed by atoms with Crippen LogP contribution in [0.5, 0.6) is 0 Å². The summed E-state index contributed by atoms with van der Waals surface area (Å²) >= 11 is 0. The Kier molecular flexibility index (Phi) is 7.06. The Labute approximate surface area is 147 Å². The average Bonchev–Trinajstić information content (AvgIpc) is 3.15. The topological polar surface area (TPSA) is 99.1 Å². The van der Waals surface area contributed by atoms with Gasteiger partial charge in [-0.15, -0.1) is 4.91 Å². The van der Waals surface area contributed by atoms with E-state index in [0.29, 0.717) is 18.8 Å². The summed E-state index contributed by atoms with van der Waals surface area (Å²) in [5, 5.41) is 15.3. The molecule has 1 heterocycles. The molecule has 7 heteroatoms. The highest BCUT2D eigenvalue weighted by atomic mass is 16.3. The van der Waals surface area contributed by atoms with E-state index < -0.39 is 24.0 Å². The SMILES string of the molecule is CCCCc1ccc(NC(=O)C(N=O)[C@@H](O)C(=O)N2CCCC2)cc1. The fourth-order valence-corrected chi connectivity index (χ4v) is 2.86. The van der Waals surface area contributed by atoms with Crippen LogP contribution in [0.1, 0.15) is 38.2 Å². The zero-order valence-corrected chi connectivity index (χ0v) is 14.5. The number of nitrogens with zero attached hydrogens (tertiary/aromatic N) is 2. The molecule has 7 nitrogen and oxygen atoms in total. The molecule has 1 aromatic carbocycles. The lowest BCUT2D eigenvalue weighted by atomic mass is 10.1. The minimum Gasteiger partial charge on any atom is -0.380 e. The molecule has 2 rings (SSSR count). The monoisotopic (exact) mass is 347 g/mol. The number of anilines is 1. The van der Waals surface area contributed by atoms with Crippen molar-refractivity contribution in [3.8, 4) is 0 Å². The third kappa shape index (κ3) is 5.09. The first kappa shape index (κ1) is 19.1. The highest BCUT2D eigenvalue weighted by Gasteiger charge is 2.36. The van der Waals surface area contributed by atoms with Crippen molar-refractivity contribution in [3.05, 3.63) is 34.7 Å². The van der Waals surface area contributed by atoms with E-state index in [1.807, 2.05) is 12.1 Å². The van der Waals surface area contributed by atoms with E-state index in [2.05, 4.69) is 17.4 Å². The molecular weight excluding hydrogens is 322 g/mol. The summed E-state index contributed by atoms with van der Waals surface area (Å²) < 4.78 is 0. The minimum atomic E-state index is -1.75. The number of rotatable bonds is 8. The second kappa shape index (κ2) is 9.27. The Balaban J connectivity index is 1.96. The summed E-state index contributed by atoms with van der Waals surface area (Å²) in [4.78, 5) is 36.9. The molecule has 1 aliphatic rings. The molecule has 1 saturated heterocycles. The Bertz CT molecular complexity index is 597. The summed E-state index contributed by atoms with van der Waals surface area (Å²) in [7, 11) is 0. The van der Waals surface area contributed by atoms with Crippen molar-refractivity contribution in [3.63, 3.8) is 0 Å². The normalized spacial score (nSPS) is 16.3. The van der Waals surface area contributed by atoms with Crippen LogP contribution in [0.4, 0.5) is 5.69 Å². The second-order valence-electron chi connectivity index (χ2n) is 6.32. The van der Waals surface area contributed by atoms with Crippen LogP contribution in [0.15, 0.2) is 29.4 Å². The minimum absolute atomic E-state index is 0.500. The maximum atomic E-state index is 12.2. The predicted molar refractivity (Wildman–Crippen MR) is 95.1 cm³/mol. The molecule has 0 aromatic heterocycles. The van der Waals surface area contributed by atoms with Gasteiger partial charge in [-0.2, -0.15) is 0 Å². The van der Waals surface area contributed by atoms with Crippen molar-refractivity contribution in [1.29, 1.82) is 0 Å². The van der Waals surface area contributed by atoms with Gasteiger partial charge in [-0.1, -0.05) is 30.7 Å². The van der Waals surface area contributed by atoms with Gasteiger partial charge in [-0.25, -0.2) is 0 Å². The van der Waals surface area contributed by atoms with Crippen LogP contribution < -0.4 is 5.32 Å². The van der Waals surface area contributed by atoms with E-state index in [9.17, 15) is 19.6 Å². The van der Waals surface area contributed by atoms with Gasteiger partial charge in [0.25, 0.3) is 11.8 Å². The molecular formula is C18H25N3O4. The van der Waals surface area contributed by atoms with E-state index >= 15 is 0 Å². The van der Waals surface area contributed by atoms with Gasteiger partial charge in [0, 0.05) is 18.8 Å². The van der Waals surface area contributed by atoms with Crippen LogP contribution in [0.25, 0.3) is 0 Å².